The molecule has 142 valence electrons. The molecule has 3 atom stereocenters. The summed E-state index contributed by atoms with van der Waals surface area (Å²) in [6.07, 6.45) is 3.68. The highest BCUT2D eigenvalue weighted by molar-refractivity contribution is 6.31. The number of carbonyl (C=O) groups excluding carboxylic acids is 2. The minimum atomic E-state index is -0.162. The van der Waals surface area contributed by atoms with Crippen LogP contribution in [-0.4, -0.2) is 45.7 Å². The van der Waals surface area contributed by atoms with E-state index in [1.165, 1.54) is 11.6 Å². The maximum Gasteiger partial charge on any atom is 0.344 e. The van der Waals surface area contributed by atoms with E-state index in [2.05, 4.69) is 5.10 Å². The summed E-state index contributed by atoms with van der Waals surface area (Å²) in [5.41, 5.74) is 1.32. The van der Waals surface area contributed by atoms with Gasteiger partial charge < -0.3 is 9.64 Å². The van der Waals surface area contributed by atoms with Gasteiger partial charge in [-0.25, -0.2) is 4.79 Å². The Balaban J connectivity index is 1.31. The molecule has 2 aromatic rings. The van der Waals surface area contributed by atoms with Gasteiger partial charge in [0.15, 0.2) is 5.78 Å². The number of Topliss-reactive ketones (excluding diaryl/α,β-unsaturated/α-hetero) is 1. The number of halogens is 1. The predicted octanol–water partition coefficient (Wildman–Crippen LogP) is 3.63. The second-order valence-electron chi connectivity index (χ2n) is 7.41. The molecule has 0 spiro atoms. The number of hydrogen-bond acceptors (Lipinski definition) is 4. The quantitative estimate of drug-likeness (QED) is 0.751. The van der Waals surface area contributed by atoms with Crippen molar-refractivity contribution < 1.29 is 14.3 Å². The van der Waals surface area contributed by atoms with E-state index in [0.29, 0.717) is 37.2 Å². The third kappa shape index (κ3) is 3.77. The monoisotopic (exact) mass is 387 g/mol. The van der Waals surface area contributed by atoms with Crippen molar-refractivity contribution in [2.24, 2.45) is 11.8 Å². The Hall–Kier alpha value is -2.18. The highest BCUT2D eigenvalue weighted by Crippen LogP contribution is 2.40. The summed E-state index contributed by atoms with van der Waals surface area (Å²) in [6, 6.07) is 9.15. The Morgan fingerprint density at radius 3 is 2.52 bits per heavy atom. The van der Waals surface area contributed by atoms with E-state index >= 15 is 0 Å². The molecular weight excluding hydrogens is 366 g/mol. The molecule has 27 heavy (non-hydrogen) atoms. The lowest BCUT2D eigenvalue weighted by molar-refractivity contribution is 0.0384. The molecule has 0 N–H and O–H groups in total. The second-order valence-corrected chi connectivity index (χ2v) is 7.81. The second kappa shape index (κ2) is 7.44. The number of ether oxygens (including phenoxy) is 1. The third-order valence-electron chi connectivity index (χ3n) is 5.56. The number of fused-ring (bicyclic) bond motifs is 1. The standard InChI is InChI=1S/C20H22ClN3O3/c1-13(25)19-6-7-24(22-19)20(26)23-10-15-8-17(9-16(15)11-23)27-12-14-4-2-3-5-18(14)21/h2-7,15-17H,8-12H2,1H3/t15-,16+,17?. The van der Waals surface area contributed by atoms with E-state index < -0.39 is 0 Å². The normalized spacial score (nSPS) is 24.2. The molecule has 2 heterocycles. The van der Waals surface area contributed by atoms with Crippen LogP contribution in [-0.2, 0) is 11.3 Å². The van der Waals surface area contributed by atoms with Crippen molar-refractivity contribution >= 4 is 23.4 Å². The molecular formula is C20H22ClN3O3. The number of nitrogens with zero attached hydrogens (tertiary/aromatic N) is 3. The molecule has 4 rings (SSSR count). The fourth-order valence-corrected chi connectivity index (χ4v) is 4.31. The summed E-state index contributed by atoms with van der Waals surface area (Å²) < 4.78 is 7.34. The average Bonchev–Trinajstić information content (AvgIpc) is 3.35. The van der Waals surface area contributed by atoms with Gasteiger partial charge in [-0.05, 0) is 42.4 Å². The summed E-state index contributed by atoms with van der Waals surface area (Å²) in [5, 5.41) is 4.81. The van der Waals surface area contributed by atoms with Crippen LogP contribution >= 0.6 is 11.6 Å². The van der Waals surface area contributed by atoms with Gasteiger partial charge in [-0.2, -0.15) is 9.78 Å². The van der Waals surface area contributed by atoms with Crippen molar-refractivity contribution in [3.8, 4) is 0 Å². The Morgan fingerprint density at radius 2 is 1.89 bits per heavy atom. The van der Waals surface area contributed by atoms with Gasteiger partial charge in [0.25, 0.3) is 0 Å². The van der Waals surface area contributed by atoms with E-state index in [-0.39, 0.29) is 17.9 Å². The number of rotatable bonds is 4. The zero-order valence-corrected chi connectivity index (χ0v) is 15.9. The van der Waals surface area contributed by atoms with Crippen molar-refractivity contribution in [1.82, 2.24) is 14.7 Å². The maximum atomic E-state index is 12.6. The van der Waals surface area contributed by atoms with E-state index in [9.17, 15) is 9.59 Å². The molecule has 0 bridgehead atoms. The number of benzene rings is 1. The van der Waals surface area contributed by atoms with Gasteiger partial charge in [-0.3, -0.25) is 4.79 Å². The molecule has 0 radical (unpaired) electrons. The first-order chi connectivity index (χ1) is 13.0. The van der Waals surface area contributed by atoms with Crippen molar-refractivity contribution in [2.45, 2.75) is 32.5 Å². The average molecular weight is 388 g/mol. The molecule has 1 saturated carbocycles. The minimum Gasteiger partial charge on any atom is -0.373 e. The van der Waals surface area contributed by atoms with E-state index in [0.717, 1.165) is 23.4 Å². The summed E-state index contributed by atoms with van der Waals surface area (Å²) in [5.74, 6) is 0.763. The molecule has 1 aromatic carbocycles. The first-order valence-electron chi connectivity index (χ1n) is 9.22. The van der Waals surface area contributed by atoms with E-state index in [4.69, 9.17) is 16.3 Å². The van der Waals surface area contributed by atoms with Gasteiger partial charge in [0.05, 0.1) is 12.7 Å². The molecule has 1 aliphatic heterocycles. The molecule has 1 unspecified atom stereocenters. The fourth-order valence-electron chi connectivity index (χ4n) is 4.12. The largest absolute Gasteiger partial charge is 0.373 e. The van der Waals surface area contributed by atoms with Gasteiger partial charge >= 0.3 is 6.03 Å². The lowest BCUT2D eigenvalue weighted by Crippen LogP contribution is -2.34. The number of carbonyl (C=O) groups is 2. The van der Waals surface area contributed by atoms with Gasteiger partial charge in [0, 0.05) is 31.2 Å². The molecule has 2 aliphatic rings. The predicted molar refractivity (Wildman–Crippen MR) is 101 cm³/mol. The molecule has 1 saturated heterocycles. The summed E-state index contributed by atoms with van der Waals surface area (Å²) in [4.78, 5) is 25.8. The molecule has 1 aliphatic carbocycles. The fraction of sp³-hybridized carbons (Fsp3) is 0.450. The van der Waals surface area contributed by atoms with Gasteiger partial charge in [-0.15, -0.1) is 0 Å². The maximum absolute atomic E-state index is 12.6. The van der Waals surface area contributed by atoms with Crippen LogP contribution in [0.5, 0.6) is 0 Å². The Kier molecular flexibility index (Phi) is 5.02. The van der Waals surface area contributed by atoms with Crippen LogP contribution in [0.3, 0.4) is 0 Å². The van der Waals surface area contributed by atoms with Crippen molar-refractivity contribution in [3.63, 3.8) is 0 Å². The zero-order chi connectivity index (χ0) is 19.0. The third-order valence-corrected chi connectivity index (χ3v) is 5.93. The first-order valence-corrected chi connectivity index (χ1v) is 9.60. The van der Waals surface area contributed by atoms with E-state index in [1.807, 2.05) is 29.2 Å². The lowest BCUT2D eigenvalue weighted by Gasteiger charge is -2.19. The molecule has 7 heteroatoms. The van der Waals surface area contributed by atoms with Crippen molar-refractivity contribution in [3.05, 3.63) is 52.8 Å². The highest BCUT2D eigenvalue weighted by atomic mass is 35.5. The topological polar surface area (TPSA) is 64.4 Å². The van der Waals surface area contributed by atoms with Crippen LogP contribution in [0.1, 0.15) is 35.8 Å². The van der Waals surface area contributed by atoms with Crippen LogP contribution < -0.4 is 0 Å². The Bertz CT molecular complexity index is 852. The number of amides is 1. The van der Waals surface area contributed by atoms with Gasteiger partial charge in [-0.1, -0.05) is 29.8 Å². The summed E-state index contributed by atoms with van der Waals surface area (Å²) in [7, 11) is 0. The SMILES string of the molecule is CC(=O)c1ccn(C(=O)N2C[C@H]3CC(OCc4ccccc4Cl)C[C@H]3C2)n1. The van der Waals surface area contributed by atoms with Gasteiger partial charge in [0.1, 0.15) is 5.69 Å². The number of aromatic nitrogens is 2. The van der Waals surface area contributed by atoms with Crippen molar-refractivity contribution in [2.75, 3.05) is 13.1 Å². The molecule has 6 nitrogen and oxygen atoms in total. The van der Waals surface area contributed by atoms with Crippen LogP contribution in [0, 0.1) is 11.8 Å². The van der Waals surface area contributed by atoms with Crippen LogP contribution in [0.25, 0.3) is 0 Å². The summed E-state index contributed by atoms with van der Waals surface area (Å²) in [6.45, 7) is 3.39. The number of likely N-dealkylation sites (tertiary alicyclic amines) is 1. The number of hydrogen-bond donors (Lipinski definition) is 0. The summed E-state index contributed by atoms with van der Waals surface area (Å²) >= 11 is 6.19. The minimum absolute atomic E-state index is 0.140. The lowest BCUT2D eigenvalue weighted by atomic mass is 10.0. The van der Waals surface area contributed by atoms with Crippen LogP contribution in [0.4, 0.5) is 4.79 Å². The molecule has 2 fully saturated rings. The van der Waals surface area contributed by atoms with Gasteiger partial charge in [0.2, 0.25) is 0 Å². The highest BCUT2D eigenvalue weighted by Gasteiger charge is 2.43. The van der Waals surface area contributed by atoms with E-state index in [1.54, 1.807) is 12.3 Å². The van der Waals surface area contributed by atoms with Crippen LogP contribution in [0.2, 0.25) is 5.02 Å². The molecule has 1 amide bonds. The number of ketones is 1. The van der Waals surface area contributed by atoms with Crippen molar-refractivity contribution in [1.29, 1.82) is 0 Å². The van der Waals surface area contributed by atoms with Crippen LogP contribution in [0.15, 0.2) is 36.5 Å². The Labute approximate surface area is 163 Å². The Morgan fingerprint density at radius 1 is 1.19 bits per heavy atom. The molecule has 1 aromatic heterocycles. The zero-order valence-electron chi connectivity index (χ0n) is 15.2. The smallest absolute Gasteiger partial charge is 0.344 e. The first kappa shape index (κ1) is 18.2.